The molecule has 0 amide bonds. The molecule has 1 aromatic heterocycles. The van der Waals surface area contributed by atoms with Gasteiger partial charge >= 0.3 is 0 Å². The van der Waals surface area contributed by atoms with Crippen LogP contribution in [-0.2, 0) is 10.0 Å². The highest BCUT2D eigenvalue weighted by atomic mass is 35.5. The number of aryl methyl sites for hydroxylation is 2. The zero-order valence-electron chi connectivity index (χ0n) is 10.4. The minimum Gasteiger partial charge on any atom is -0.306 e. The van der Waals surface area contributed by atoms with Gasteiger partial charge in [0.15, 0.2) is 0 Å². The van der Waals surface area contributed by atoms with Gasteiger partial charge in [-0.15, -0.1) is 4.83 Å². The van der Waals surface area contributed by atoms with Crippen LogP contribution >= 0.6 is 11.6 Å². The first kappa shape index (κ1) is 13.9. The predicted molar refractivity (Wildman–Crippen MR) is 73.5 cm³/mol. The topological polar surface area (TPSA) is 86.9 Å². The second kappa shape index (κ2) is 5.20. The number of anilines is 1. The Hall–Kier alpha value is -1.57. The third-order valence-corrected chi connectivity index (χ3v) is 4.36. The Morgan fingerprint density at radius 2 is 1.95 bits per heavy atom. The molecule has 0 saturated heterocycles. The Morgan fingerprint density at radius 3 is 2.53 bits per heavy atom. The molecule has 0 atom stereocenters. The first-order valence-corrected chi connectivity index (χ1v) is 7.32. The number of nitrogens with zero attached hydrogens (tertiary/aromatic N) is 1. The fourth-order valence-corrected chi connectivity index (χ4v) is 3.09. The fraction of sp³-hybridized carbons (Fsp3) is 0.182. The highest BCUT2D eigenvalue weighted by Gasteiger charge is 2.22. The molecule has 0 bridgehead atoms. The number of H-pyrrole nitrogens is 1. The summed E-state index contributed by atoms with van der Waals surface area (Å²) in [5, 5.41) is 6.91. The number of para-hydroxylation sites is 1. The number of benzene rings is 1. The zero-order valence-corrected chi connectivity index (χ0v) is 11.9. The third-order valence-electron chi connectivity index (χ3n) is 2.52. The van der Waals surface area contributed by atoms with E-state index in [0.29, 0.717) is 22.1 Å². The summed E-state index contributed by atoms with van der Waals surface area (Å²) in [4.78, 5) is 2.41. The molecular formula is C11H13ClN4O2S. The zero-order chi connectivity index (χ0) is 14.0. The van der Waals surface area contributed by atoms with Gasteiger partial charge in [-0.1, -0.05) is 23.7 Å². The van der Waals surface area contributed by atoms with Crippen molar-refractivity contribution in [2.75, 3.05) is 5.43 Å². The van der Waals surface area contributed by atoms with Gasteiger partial charge in [-0.25, -0.2) is 8.42 Å². The van der Waals surface area contributed by atoms with Gasteiger partial charge in [0.05, 0.1) is 22.1 Å². The van der Waals surface area contributed by atoms with Crippen LogP contribution in [0.5, 0.6) is 0 Å². The van der Waals surface area contributed by atoms with E-state index in [0.717, 1.165) is 0 Å². The van der Waals surface area contributed by atoms with Crippen LogP contribution in [0.1, 0.15) is 11.4 Å². The molecule has 1 heterocycles. The van der Waals surface area contributed by atoms with Crippen LogP contribution in [0.3, 0.4) is 0 Å². The normalized spacial score (nSPS) is 11.5. The minimum atomic E-state index is -3.71. The molecule has 0 saturated carbocycles. The van der Waals surface area contributed by atoms with Crippen molar-refractivity contribution in [2.45, 2.75) is 18.7 Å². The molecule has 0 unspecified atom stereocenters. The van der Waals surface area contributed by atoms with Crippen LogP contribution in [-0.4, -0.2) is 18.6 Å². The van der Waals surface area contributed by atoms with E-state index in [1.807, 2.05) is 0 Å². The van der Waals surface area contributed by atoms with Crippen molar-refractivity contribution in [3.05, 3.63) is 40.7 Å². The molecule has 102 valence electrons. The number of aromatic amines is 1. The Kier molecular flexibility index (Phi) is 3.79. The first-order valence-electron chi connectivity index (χ1n) is 5.46. The molecule has 19 heavy (non-hydrogen) atoms. The molecule has 2 rings (SSSR count). The van der Waals surface area contributed by atoms with Crippen LogP contribution in [0.2, 0.25) is 5.02 Å². The van der Waals surface area contributed by atoms with Gasteiger partial charge in [-0.2, -0.15) is 5.10 Å². The smallest absolute Gasteiger partial charge is 0.260 e. The molecule has 0 radical (unpaired) electrons. The average Bonchev–Trinajstić information content (AvgIpc) is 2.69. The quantitative estimate of drug-likeness (QED) is 0.754. The second-order valence-electron chi connectivity index (χ2n) is 3.97. The molecule has 0 aliphatic carbocycles. The Morgan fingerprint density at radius 1 is 1.26 bits per heavy atom. The van der Waals surface area contributed by atoms with Crippen molar-refractivity contribution < 1.29 is 8.42 Å². The minimum absolute atomic E-state index is 0.132. The number of hydrogen-bond acceptors (Lipinski definition) is 4. The van der Waals surface area contributed by atoms with E-state index in [9.17, 15) is 8.42 Å². The van der Waals surface area contributed by atoms with E-state index >= 15 is 0 Å². The van der Waals surface area contributed by atoms with Crippen LogP contribution in [0, 0.1) is 13.8 Å². The predicted octanol–water partition coefficient (Wildman–Crippen LogP) is 1.99. The van der Waals surface area contributed by atoms with Crippen molar-refractivity contribution in [1.29, 1.82) is 0 Å². The summed E-state index contributed by atoms with van der Waals surface area (Å²) in [5.41, 5.74) is 3.95. The number of halogens is 1. The van der Waals surface area contributed by atoms with Gasteiger partial charge in [0, 0.05) is 0 Å². The highest BCUT2D eigenvalue weighted by molar-refractivity contribution is 7.89. The molecule has 0 aliphatic heterocycles. The second-order valence-corrected chi connectivity index (χ2v) is 6.00. The number of aromatic nitrogens is 2. The Bertz CT molecular complexity index is 677. The summed E-state index contributed by atoms with van der Waals surface area (Å²) in [6, 6.07) is 6.83. The molecule has 6 nitrogen and oxygen atoms in total. The first-order chi connectivity index (χ1) is 8.92. The lowest BCUT2D eigenvalue weighted by Crippen LogP contribution is -2.30. The molecule has 0 spiro atoms. The van der Waals surface area contributed by atoms with Gasteiger partial charge in [-0.3, -0.25) is 5.10 Å². The van der Waals surface area contributed by atoms with Gasteiger partial charge in [0.1, 0.15) is 4.90 Å². The van der Waals surface area contributed by atoms with Gasteiger partial charge in [-0.05, 0) is 26.0 Å². The van der Waals surface area contributed by atoms with Crippen LogP contribution in [0.25, 0.3) is 0 Å². The van der Waals surface area contributed by atoms with E-state index in [1.54, 1.807) is 38.1 Å². The van der Waals surface area contributed by atoms with E-state index in [2.05, 4.69) is 20.5 Å². The number of rotatable bonds is 4. The lowest BCUT2D eigenvalue weighted by Gasteiger charge is -2.10. The van der Waals surface area contributed by atoms with E-state index in [-0.39, 0.29) is 4.90 Å². The lowest BCUT2D eigenvalue weighted by molar-refractivity contribution is 0.586. The van der Waals surface area contributed by atoms with Crippen molar-refractivity contribution >= 4 is 27.3 Å². The summed E-state index contributed by atoms with van der Waals surface area (Å²) in [6.45, 7) is 3.26. The molecule has 0 aliphatic rings. The highest BCUT2D eigenvalue weighted by Crippen LogP contribution is 2.21. The van der Waals surface area contributed by atoms with Gasteiger partial charge < -0.3 is 5.43 Å². The lowest BCUT2D eigenvalue weighted by atomic mass is 10.3. The summed E-state index contributed by atoms with van der Waals surface area (Å²) in [5.74, 6) is 0. The molecule has 8 heteroatoms. The standard InChI is InChI=1S/C11H13ClN4O2S/c1-7-11(8(2)14-13-7)19(17,18)16-15-10-6-4-3-5-9(10)12/h3-6,15-16H,1-2H3,(H,13,14). The maximum atomic E-state index is 12.1. The van der Waals surface area contributed by atoms with Crippen LogP contribution in [0.15, 0.2) is 29.2 Å². The fourth-order valence-electron chi connectivity index (χ4n) is 1.67. The van der Waals surface area contributed by atoms with E-state index in [4.69, 9.17) is 11.6 Å². The molecule has 0 fully saturated rings. The van der Waals surface area contributed by atoms with Gasteiger partial charge in [0.25, 0.3) is 10.0 Å². The number of sulfonamides is 1. The van der Waals surface area contributed by atoms with Crippen LogP contribution in [0.4, 0.5) is 5.69 Å². The van der Waals surface area contributed by atoms with Crippen molar-refractivity contribution in [3.8, 4) is 0 Å². The molecule has 3 N–H and O–H groups in total. The summed E-state index contributed by atoms with van der Waals surface area (Å²) in [7, 11) is -3.71. The summed E-state index contributed by atoms with van der Waals surface area (Å²) >= 11 is 5.92. The van der Waals surface area contributed by atoms with Crippen LogP contribution < -0.4 is 10.3 Å². The Balaban J connectivity index is 2.22. The maximum absolute atomic E-state index is 12.1. The summed E-state index contributed by atoms with van der Waals surface area (Å²) in [6.07, 6.45) is 0. The molecule has 2 aromatic rings. The number of hydrazine groups is 1. The largest absolute Gasteiger partial charge is 0.306 e. The molecule has 1 aromatic carbocycles. The number of nitrogens with one attached hydrogen (secondary N) is 3. The van der Waals surface area contributed by atoms with E-state index in [1.165, 1.54) is 0 Å². The van der Waals surface area contributed by atoms with Crippen molar-refractivity contribution in [1.82, 2.24) is 15.0 Å². The summed E-state index contributed by atoms with van der Waals surface area (Å²) < 4.78 is 24.3. The monoisotopic (exact) mass is 300 g/mol. The molecular weight excluding hydrogens is 288 g/mol. The van der Waals surface area contributed by atoms with E-state index < -0.39 is 10.0 Å². The average molecular weight is 301 g/mol. The number of hydrogen-bond donors (Lipinski definition) is 3. The third kappa shape index (κ3) is 2.89. The maximum Gasteiger partial charge on any atom is 0.260 e. The van der Waals surface area contributed by atoms with Gasteiger partial charge in [0.2, 0.25) is 0 Å². The van der Waals surface area contributed by atoms with Crippen molar-refractivity contribution in [3.63, 3.8) is 0 Å². The van der Waals surface area contributed by atoms with Crippen molar-refractivity contribution in [2.24, 2.45) is 0 Å². The Labute approximate surface area is 116 Å². The SMILES string of the molecule is Cc1n[nH]c(C)c1S(=O)(=O)NNc1ccccc1Cl.